The Bertz CT molecular complexity index is 1450. The van der Waals surface area contributed by atoms with Gasteiger partial charge in [0.05, 0.1) is 35.6 Å². The van der Waals surface area contributed by atoms with E-state index in [1.807, 2.05) is 68.5 Å². The minimum atomic E-state index is -0.725. The van der Waals surface area contributed by atoms with Gasteiger partial charge in [0.15, 0.2) is 4.80 Å². The number of hydrogen-bond donors (Lipinski definition) is 0. The van der Waals surface area contributed by atoms with Crippen molar-refractivity contribution in [2.45, 2.75) is 33.7 Å². The van der Waals surface area contributed by atoms with Crippen LogP contribution in [0.15, 0.2) is 69.6 Å². The number of aromatic nitrogens is 1. The van der Waals surface area contributed by atoms with Gasteiger partial charge in [-0.15, -0.1) is 0 Å². The second-order valence-corrected chi connectivity index (χ2v) is 8.75. The first-order chi connectivity index (χ1) is 17.0. The molecule has 0 saturated carbocycles. The summed E-state index contributed by atoms with van der Waals surface area (Å²) in [5, 5.41) is 0. The molecule has 0 N–H and O–H groups in total. The zero-order valence-electron chi connectivity index (χ0n) is 20.2. The Morgan fingerprint density at radius 1 is 1.00 bits per heavy atom. The molecule has 0 aliphatic carbocycles. The van der Waals surface area contributed by atoms with E-state index < -0.39 is 12.0 Å². The van der Waals surface area contributed by atoms with Crippen LogP contribution in [0.25, 0.3) is 6.08 Å². The summed E-state index contributed by atoms with van der Waals surface area (Å²) in [4.78, 5) is 32.0. The third-order valence-electron chi connectivity index (χ3n) is 5.54. The van der Waals surface area contributed by atoms with Gasteiger partial charge in [0, 0.05) is 11.1 Å². The number of rotatable bonds is 8. The number of nitrogens with zero attached hydrogens (tertiary/aromatic N) is 2. The molecule has 0 bridgehead atoms. The maximum absolute atomic E-state index is 13.8. The summed E-state index contributed by atoms with van der Waals surface area (Å²) in [7, 11) is 0. The number of benzene rings is 2. The molecular weight excluding hydrogens is 464 g/mol. The molecule has 182 valence electrons. The van der Waals surface area contributed by atoms with Crippen LogP contribution in [-0.4, -0.2) is 30.4 Å². The number of ether oxygens (including phenoxy) is 3. The second-order valence-electron chi connectivity index (χ2n) is 7.74. The van der Waals surface area contributed by atoms with Gasteiger partial charge in [-0.05, 0) is 45.9 Å². The summed E-state index contributed by atoms with van der Waals surface area (Å²) < 4.78 is 19.0. The van der Waals surface area contributed by atoms with Crippen molar-refractivity contribution in [3.63, 3.8) is 0 Å². The molecule has 7 nitrogen and oxygen atoms in total. The Labute approximate surface area is 207 Å². The molecule has 0 spiro atoms. The molecular formula is C27H28N2O5S. The average Bonchev–Trinajstić information content (AvgIpc) is 3.15. The number of para-hydroxylation sites is 2. The molecule has 0 amide bonds. The van der Waals surface area contributed by atoms with Crippen LogP contribution >= 0.6 is 11.3 Å². The molecule has 8 heteroatoms. The molecule has 2 aromatic carbocycles. The van der Waals surface area contributed by atoms with Crippen LogP contribution in [0, 0.1) is 0 Å². The molecule has 1 aliphatic rings. The average molecular weight is 493 g/mol. The van der Waals surface area contributed by atoms with E-state index in [4.69, 9.17) is 14.2 Å². The van der Waals surface area contributed by atoms with Gasteiger partial charge in [-0.2, -0.15) is 0 Å². The molecule has 1 aliphatic heterocycles. The summed E-state index contributed by atoms with van der Waals surface area (Å²) in [6.45, 7) is 8.51. The van der Waals surface area contributed by atoms with Crippen molar-refractivity contribution in [2.24, 2.45) is 4.99 Å². The van der Waals surface area contributed by atoms with Gasteiger partial charge in [-0.3, -0.25) is 9.36 Å². The van der Waals surface area contributed by atoms with E-state index in [1.165, 1.54) is 11.3 Å². The normalized spacial score (nSPS) is 15.4. The highest BCUT2D eigenvalue weighted by atomic mass is 32.1. The Hall–Kier alpha value is -3.65. The topological polar surface area (TPSA) is 79.1 Å². The number of carbonyl (C=O) groups excluding carboxylic acids is 1. The predicted octanol–water partition coefficient (Wildman–Crippen LogP) is 3.60. The van der Waals surface area contributed by atoms with Crippen molar-refractivity contribution in [3.05, 3.63) is 90.6 Å². The Morgan fingerprint density at radius 2 is 1.66 bits per heavy atom. The van der Waals surface area contributed by atoms with Crippen molar-refractivity contribution in [1.82, 2.24) is 4.57 Å². The van der Waals surface area contributed by atoms with Gasteiger partial charge in [-0.1, -0.05) is 47.7 Å². The third kappa shape index (κ3) is 4.79. The van der Waals surface area contributed by atoms with E-state index in [0.717, 1.165) is 5.56 Å². The van der Waals surface area contributed by atoms with E-state index in [0.29, 0.717) is 50.9 Å². The molecule has 1 aromatic heterocycles. The lowest BCUT2D eigenvalue weighted by atomic mass is 9.95. The van der Waals surface area contributed by atoms with Crippen molar-refractivity contribution in [3.8, 4) is 11.5 Å². The molecule has 1 unspecified atom stereocenters. The highest BCUT2D eigenvalue weighted by molar-refractivity contribution is 7.07. The lowest BCUT2D eigenvalue weighted by molar-refractivity contribution is -0.139. The van der Waals surface area contributed by atoms with Crippen LogP contribution in [0.1, 0.15) is 44.9 Å². The fourth-order valence-electron chi connectivity index (χ4n) is 4.11. The number of allylic oxidation sites excluding steroid dienone is 1. The van der Waals surface area contributed by atoms with Crippen LogP contribution in [0.2, 0.25) is 0 Å². The third-order valence-corrected chi connectivity index (χ3v) is 6.52. The summed E-state index contributed by atoms with van der Waals surface area (Å²) in [5.74, 6) is 0.802. The summed E-state index contributed by atoms with van der Waals surface area (Å²) in [6, 6.07) is 14.3. The number of fused-ring (bicyclic) bond motifs is 1. The number of esters is 1. The van der Waals surface area contributed by atoms with Crippen molar-refractivity contribution in [2.75, 3.05) is 19.8 Å². The van der Waals surface area contributed by atoms with Crippen LogP contribution in [0.4, 0.5) is 0 Å². The quantitative estimate of drug-likeness (QED) is 0.449. The van der Waals surface area contributed by atoms with E-state index in [1.54, 1.807) is 18.4 Å². The van der Waals surface area contributed by atoms with Gasteiger partial charge in [-0.25, -0.2) is 9.79 Å². The van der Waals surface area contributed by atoms with Crippen molar-refractivity contribution in [1.29, 1.82) is 0 Å². The van der Waals surface area contributed by atoms with Crippen LogP contribution in [0.5, 0.6) is 11.5 Å². The smallest absolute Gasteiger partial charge is 0.338 e. The van der Waals surface area contributed by atoms with Crippen molar-refractivity contribution >= 4 is 23.4 Å². The van der Waals surface area contributed by atoms with Crippen LogP contribution in [-0.2, 0) is 9.53 Å². The first-order valence-electron chi connectivity index (χ1n) is 11.6. The standard InChI is InChI=1S/C27H28N2O5S/c1-5-32-20-14-10-8-12-18(20)16-22-25(30)29-24(19-13-9-11-15-21(19)33-6-2)23(26(31)34-7-3)17(4)28-27(29)35-22/h8-16,24H,5-7H2,1-4H3/b22-16-. The SMILES string of the molecule is CCOC(=O)C1=C(C)N=c2s/c(=C\c3ccccc3OCC)c(=O)n2C1c1ccccc1OCC. The van der Waals surface area contributed by atoms with Gasteiger partial charge < -0.3 is 14.2 Å². The molecule has 3 aromatic rings. The van der Waals surface area contributed by atoms with Gasteiger partial charge in [0.1, 0.15) is 17.5 Å². The molecule has 35 heavy (non-hydrogen) atoms. The minimum absolute atomic E-state index is 0.216. The Balaban J connectivity index is 1.98. The van der Waals surface area contributed by atoms with E-state index >= 15 is 0 Å². The van der Waals surface area contributed by atoms with E-state index in [2.05, 4.69) is 4.99 Å². The second kappa shape index (κ2) is 10.7. The van der Waals surface area contributed by atoms with Gasteiger partial charge >= 0.3 is 5.97 Å². The zero-order chi connectivity index (χ0) is 24.9. The number of carbonyl (C=O) groups is 1. The largest absolute Gasteiger partial charge is 0.494 e. The summed E-state index contributed by atoms with van der Waals surface area (Å²) in [6.07, 6.45) is 1.81. The predicted molar refractivity (Wildman–Crippen MR) is 136 cm³/mol. The molecule has 1 atom stereocenters. The van der Waals surface area contributed by atoms with Crippen molar-refractivity contribution < 1.29 is 19.0 Å². The fraction of sp³-hybridized carbons (Fsp3) is 0.296. The molecule has 0 radical (unpaired) electrons. The first kappa shape index (κ1) is 24.5. The highest BCUT2D eigenvalue weighted by Gasteiger charge is 2.35. The zero-order valence-corrected chi connectivity index (χ0v) is 21.1. The van der Waals surface area contributed by atoms with Crippen LogP contribution < -0.4 is 24.4 Å². The first-order valence-corrected chi connectivity index (χ1v) is 12.4. The summed E-state index contributed by atoms with van der Waals surface area (Å²) >= 11 is 1.28. The monoisotopic (exact) mass is 492 g/mol. The van der Waals surface area contributed by atoms with Crippen LogP contribution in [0.3, 0.4) is 0 Å². The van der Waals surface area contributed by atoms with E-state index in [9.17, 15) is 9.59 Å². The van der Waals surface area contributed by atoms with Gasteiger partial charge in [0.2, 0.25) is 0 Å². The maximum Gasteiger partial charge on any atom is 0.338 e. The molecule has 0 fully saturated rings. The Kier molecular flexibility index (Phi) is 7.51. The van der Waals surface area contributed by atoms with E-state index in [-0.39, 0.29) is 12.2 Å². The minimum Gasteiger partial charge on any atom is -0.494 e. The molecule has 0 saturated heterocycles. The maximum atomic E-state index is 13.8. The molecule has 2 heterocycles. The lowest BCUT2D eigenvalue weighted by Crippen LogP contribution is -2.40. The highest BCUT2D eigenvalue weighted by Crippen LogP contribution is 2.35. The summed E-state index contributed by atoms with van der Waals surface area (Å²) in [5.41, 5.74) is 2.10. The number of thiazole rings is 1. The molecule has 4 rings (SSSR count). The Morgan fingerprint density at radius 3 is 2.37 bits per heavy atom. The lowest BCUT2D eigenvalue weighted by Gasteiger charge is -2.26. The number of hydrogen-bond acceptors (Lipinski definition) is 7. The fourth-order valence-corrected chi connectivity index (χ4v) is 5.14. The van der Waals surface area contributed by atoms with Gasteiger partial charge in [0.25, 0.3) is 5.56 Å².